The van der Waals surface area contributed by atoms with Crippen LogP contribution >= 0.6 is 0 Å². The quantitative estimate of drug-likeness (QED) is 0.169. The lowest BCUT2D eigenvalue weighted by atomic mass is 10.1. The largest absolute Gasteiger partial charge is 0.419 e. The smallest absolute Gasteiger partial charge is 0.329 e. The van der Waals surface area contributed by atoms with Gasteiger partial charge in [0.25, 0.3) is 0 Å². The first-order valence-electron chi connectivity index (χ1n) is 7.82. The highest BCUT2D eigenvalue weighted by atomic mass is 19.2. The highest BCUT2D eigenvalue weighted by molar-refractivity contribution is 6.04. The van der Waals surface area contributed by atoms with Gasteiger partial charge in [-0.1, -0.05) is 0 Å². The number of carbonyl (C=O) groups excluding carboxylic acids is 2. The van der Waals surface area contributed by atoms with Crippen molar-refractivity contribution in [3.63, 3.8) is 0 Å². The van der Waals surface area contributed by atoms with Crippen molar-refractivity contribution in [3.05, 3.63) is 58.2 Å². The van der Waals surface area contributed by atoms with Crippen LogP contribution < -0.4 is 9.47 Å². The van der Waals surface area contributed by atoms with Crippen molar-refractivity contribution >= 4 is 11.9 Å². The second-order valence-electron chi connectivity index (χ2n) is 6.16. The van der Waals surface area contributed by atoms with Gasteiger partial charge in [0, 0.05) is 0 Å². The number of esters is 2. The van der Waals surface area contributed by atoms with Gasteiger partial charge in [0.05, 0.1) is 0 Å². The standard InChI is InChI=1S/C17H4F10O4/c18-3-5(20)9(24)13(10(25)6(3)21)30-15(28)17(1-2-17)16(29)31-14-11(26)7(22)4(19)8(23)12(14)27/h1-2H2. The molecule has 0 amide bonds. The Kier molecular flexibility index (Phi) is 5.36. The molecule has 2 aromatic rings. The summed E-state index contributed by atoms with van der Waals surface area (Å²) in [4.78, 5) is 24.2. The van der Waals surface area contributed by atoms with Gasteiger partial charge in [0.1, 0.15) is 0 Å². The third kappa shape index (κ3) is 3.35. The van der Waals surface area contributed by atoms with Gasteiger partial charge in [-0.15, -0.1) is 0 Å². The number of rotatable bonds is 4. The van der Waals surface area contributed by atoms with Crippen LogP contribution in [-0.2, 0) is 9.59 Å². The number of hydrogen-bond acceptors (Lipinski definition) is 4. The molecule has 0 aromatic heterocycles. The summed E-state index contributed by atoms with van der Waals surface area (Å²) in [6.07, 6.45) is -1.12. The number of hydrogen-bond donors (Lipinski definition) is 0. The van der Waals surface area contributed by atoms with Crippen LogP contribution in [0.1, 0.15) is 12.8 Å². The zero-order valence-electron chi connectivity index (χ0n) is 14.3. The molecule has 1 saturated carbocycles. The Balaban J connectivity index is 1.91. The molecule has 14 heteroatoms. The van der Waals surface area contributed by atoms with E-state index in [9.17, 15) is 53.5 Å². The van der Waals surface area contributed by atoms with Crippen LogP contribution in [0.3, 0.4) is 0 Å². The zero-order chi connectivity index (χ0) is 23.4. The average Bonchev–Trinajstić information content (AvgIpc) is 3.56. The molecular weight excluding hydrogens is 458 g/mol. The normalized spacial score (nSPS) is 14.4. The Bertz CT molecular complexity index is 999. The second-order valence-corrected chi connectivity index (χ2v) is 6.16. The molecule has 4 nitrogen and oxygen atoms in total. The molecular formula is C17H4F10O4. The molecule has 2 aromatic carbocycles. The average molecular weight is 462 g/mol. The van der Waals surface area contributed by atoms with Crippen molar-refractivity contribution in [1.29, 1.82) is 0 Å². The van der Waals surface area contributed by atoms with Gasteiger partial charge in [-0.2, -0.15) is 17.6 Å². The maximum atomic E-state index is 13.6. The zero-order valence-corrected chi connectivity index (χ0v) is 14.3. The van der Waals surface area contributed by atoms with E-state index in [4.69, 9.17) is 0 Å². The second kappa shape index (κ2) is 7.42. The molecule has 0 atom stereocenters. The SMILES string of the molecule is O=C(Oc1c(F)c(F)c(F)c(F)c1F)C1(C(=O)Oc2c(F)c(F)c(F)c(F)c2F)CC1. The molecule has 0 N–H and O–H groups in total. The number of ether oxygens (including phenoxy) is 2. The van der Waals surface area contributed by atoms with Gasteiger partial charge < -0.3 is 9.47 Å². The third-order valence-corrected chi connectivity index (χ3v) is 4.26. The minimum Gasteiger partial charge on any atom is -0.419 e. The van der Waals surface area contributed by atoms with Gasteiger partial charge in [-0.05, 0) is 12.8 Å². The Hall–Kier alpha value is -3.32. The molecule has 1 aliphatic carbocycles. The van der Waals surface area contributed by atoms with E-state index in [1.54, 1.807) is 0 Å². The fourth-order valence-electron chi connectivity index (χ4n) is 2.35. The summed E-state index contributed by atoms with van der Waals surface area (Å²) in [6.45, 7) is 0. The molecule has 31 heavy (non-hydrogen) atoms. The topological polar surface area (TPSA) is 52.6 Å². The molecule has 0 spiro atoms. The molecule has 0 heterocycles. The van der Waals surface area contributed by atoms with Crippen LogP contribution in [0.4, 0.5) is 43.9 Å². The molecule has 3 rings (SSSR count). The van der Waals surface area contributed by atoms with Crippen molar-refractivity contribution in [1.82, 2.24) is 0 Å². The lowest BCUT2D eigenvalue weighted by Gasteiger charge is -2.15. The van der Waals surface area contributed by atoms with Crippen LogP contribution in [0, 0.1) is 63.6 Å². The van der Waals surface area contributed by atoms with Crippen LogP contribution in [0.15, 0.2) is 0 Å². The van der Waals surface area contributed by atoms with Gasteiger partial charge >= 0.3 is 11.9 Å². The molecule has 0 aliphatic heterocycles. The summed E-state index contributed by atoms with van der Waals surface area (Å²) in [7, 11) is 0. The van der Waals surface area contributed by atoms with Gasteiger partial charge in [0.2, 0.25) is 69.7 Å². The van der Waals surface area contributed by atoms with Crippen molar-refractivity contribution in [2.45, 2.75) is 12.8 Å². The number of carbonyl (C=O) groups is 2. The van der Waals surface area contributed by atoms with Crippen molar-refractivity contribution in [2.24, 2.45) is 5.41 Å². The number of halogens is 10. The monoisotopic (exact) mass is 462 g/mol. The van der Waals surface area contributed by atoms with Crippen molar-refractivity contribution in [2.75, 3.05) is 0 Å². The fraction of sp³-hybridized carbons (Fsp3) is 0.176. The number of benzene rings is 2. The molecule has 0 radical (unpaired) electrons. The van der Waals surface area contributed by atoms with Crippen LogP contribution in [-0.4, -0.2) is 11.9 Å². The molecule has 166 valence electrons. The molecule has 0 saturated heterocycles. The lowest BCUT2D eigenvalue weighted by Crippen LogP contribution is -2.34. The van der Waals surface area contributed by atoms with E-state index in [1.165, 1.54) is 0 Å². The first-order chi connectivity index (χ1) is 14.3. The predicted octanol–water partition coefficient (Wildman–Crippen LogP) is 4.37. The van der Waals surface area contributed by atoms with E-state index in [2.05, 4.69) is 9.47 Å². The summed E-state index contributed by atoms with van der Waals surface area (Å²) >= 11 is 0. The molecule has 1 fully saturated rings. The highest BCUT2D eigenvalue weighted by Crippen LogP contribution is 2.49. The van der Waals surface area contributed by atoms with Crippen LogP contribution in [0.2, 0.25) is 0 Å². The first-order valence-corrected chi connectivity index (χ1v) is 7.82. The molecule has 0 unspecified atom stereocenters. The summed E-state index contributed by atoms with van der Waals surface area (Å²) in [5, 5.41) is 0. The Morgan fingerprint density at radius 1 is 0.484 bits per heavy atom. The van der Waals surface area contributed by atoms with Crippen LogP contribution in [0.5, 0.6) is 11.5 Å². The highest BCUT2D eigenvalue weighted by Gasteiger charge is 2.60. The van der Waals surface area contributed by atoms with Gasteiger partial charge in [0.15, 0.2) is 5.41 Å². The van der Waals surface area contributed by atoms with E-state index in [-0.39, 0.29) is 0 Å². The fourth-order valence-corrected chi connectivity index (χ4v) is 2.35. The van der Waals surface area contributed by atoms with Crippen LogP contribution in [0.25, 0.3) is 0 Å². The Morgan fingerprint density at radius 2 is 0.710 bits per heavy atom. The van der Waals surface area contributed by atoms with E-state index in [1.807, 2.05) is 0 Å². The molecule has 1 aliphatic rings. The van der Waals surface area contributed by atoms with E-state index >= 15 is 0 Å². The Labute approximate surface area is 164 Å². The van der Waals surface area contributed by atoms with E-state index in [0.717, 1.165) is 0 Å². The third-order valence-electron chi connectivity index (χ3n) is 4.26. The summed E-state index contributed by atoms with van der Waals surface area (Å²) in [5.41, 5.74) is -2.56. The Morgan fingerprint density at radius 3 is 0.935 bits per heavy atom. The van der Waals surface area contributed by atoms with E-state index < -0.39 is 99.9 Å². The summed E-state index contributed by atoms with van der Waals surface area (Å²) in [5.74, 6) is -33.3. The maximum absolute atomic E-state index is 13.6. The van der Waals surface area contributed by atoms with Crippen molar-refractivity contribution < 1.29 is 63.0 Å². The van der Waals surface area contributed by atoms with Gasteiger partial charge in [-0.3, -0.25) is 9.59 Å². The van der Waals surface area contributed by atoms with Crippen molar-refractivity contribution in [3.8, 4) is 11.5 Å². The van der Waals surface area contributed by atoms with E-state index in [0.29, 0.717) is 0 Å². The minimum atomic E-state index is -2.57. The first kappa shape index (κ1) is 22.4. The maximum Gasteiger partial charge on any atom is 0.329 e. The minimum absolute atomic E-state index is 0.560. The molecule has 0 bridgehead atoms. The predicted molar refractivity (Wildman–Crippen MR) is 75.4 cm³/mol. The summed E-state index contributed by atoms with van der Waals surface area (Å²) in [6, 6.07) is 0. The lowest BCUT2D eigenvalue weighted by molar-refractivity contribution is -0.154. The summed E-state index contributed by atoms with van der Waals surface area (Å²) < 4.78 is 141. The van der Waals surface area contributed by atoms with Gasteiger partial charge in [-0.25, -0.2) is 26.3 Å².